The van der Waals surface area contributed by atoms with Gasteiger partial charge in [-0.25, -0.2) is 0 Å². The molecule has 1 aliphatic heterocycles. The Bertz CT molecular complexity index is 736. The van der Waals surface area contributed by atoms with Gasteiger partial charge < -0.3 is 29.0 Å². The van der Waals surface area contributed by atoms with Crippen LogP contribution in [0, 0.1) is 0 Å². The molecule has 1 N–H and O–H groups in total. The third-order valence-electron chi connectivity index (χ3n) is 3.59. The Labute approximate surface area is 170 Å². The summed E-state index contributed by atoms with van der Waals surface area (Å²) in [6, 6.07) is -1.34. The minimum atomic E-state index is -1.51. The highest BCUT2D eigenvalue weighted by atomic mass is 16.7. The Hall–Kier alpha value is -3.38. The molecule has 0 aromatic carbocycles. The third kappa shape index (κ3) is 7.93. The van der Waals surface area contributed by atoms with Crippen LogP contribution in [0.1, 0.15) is 27.7 Å². The number of hydrogen-bond acceptors (Lipinski definition) is 11. The summed E-state index contributed by atoms with van der Waals surface area (Å²) in [4.78, 5) is 60.5. The van der Waals surface area contributed by atoms with E-state index in [9.17, 15) is 24.0 Å². The molecule has 0 radical (unpaired) electrons. The predicted molar refractivity (Wildman–Crippen MR) is 94.1 cm³/mol. The standard InChI is InChI=1S/C16H22N4O10/c1-7(21)26-6-11-14(27-8(2)22)15(28-9(3)23)13(16(30-11)29-10(4)24)19-12(25)5-18-20-17/h11,13-16H,5-6H2,1-4H3,(H,19,25)/t11-,13+,14+,15+,16+/m0/s1. The lowest BCUT2D eigenvalue weighted by atomic mass is 9.96. The SMILES string of the molecule is CC(=O)OC[C@@H]1O[C@@H](OC(C)=O)[C@H](NC(=O)CN=[N+]=[N-])[C@@H](OC(C)=O)[C@@H]1OC(C)=O. The summed E-state index contributed by atoms with van der Waals surface area (Å²) in [5.41, 5.74) is 8.36. The predicted octanol–water partition coefficient (Wildman–Crippen LogP) is -0.504. The molecule has 1 fully saturated rings. The number of ether oxygens (including phenoxy) is 5. The molecule has 0 bridgehead atoms. The van der Waals surface area contributed by atoms with Crippen LogP contribution in [0.2, 0.25) is 0 Å². The van der Waals surface area contributed by atoms with E-state index in [1.807, 2.05) is 0 Å². The first kappa shape index (κ1) is 24.7. The monoisotopic (exact) mass is 430 g/mol. The molecule has 1 aliphatic rings. The summed E-state index contributed by atoms with van der Waals surface area (Å²) >= 11 is 0. The van der Waals surface area contributed by atoms with Gasteiger partial charge >= 0.3 is 23.9 Å². The Morgan fingerprint density at radius 2 is 1.50 bits per heavy atom. The van der Waals surface area contributed by atoms with Crippen LogP contribution < -0.4 is 5.32 Å². The van der Waals surface area contributed by atoms with Crippen LogP contribution >= 0.6 is 0 Å². The van der Waals surface area contributed by atoms with Gasteiger partial charge in [-0.3, -0.25) is 24.0 Å². The Kier molecular flexibility index (Phi) is 9.52. The van der Waals surface area contributed by atoms with Crippen molar-refractivity contribution >= 4 is 29.8 Å². The summed E-state index contributed by atoms with van der Waals surface area (Å²) in [5.74, 6) is -3.86. The molecule has 1 amide bonds. The van der Waals surface area contributed by atoms with E-state index in [-0.39, 0.29) is 0 Å². The first-order valence-electron chi connectivity index (χ1n) is 8.65. The van der Waals surface area contributed by atoms with Gasteiger partial charge in [-0.15, -0.1) is 0 Å². The lowest BCUT2D eigenvalue weighted by molar-refractivity contribution is -0.271. The summed E-state index contributed by atoms with van der Waals surface area (Å²) in [7, 11) is 0. The molecule has 0 saturated carbocycles. The maximum Gasteiger partial charge on any atom is 0.305 e. The number of nitrogens with one attached hydrogen (secondary N) is 1. The molecule has 0 aliphatic carbocycles. The van der Waals surface area contributed by atoms with Gasteiger partial charge in [0.25, 0.3) is 0 Å². The van der Waals surface area contributed by atoms with Crippen LogP contribution in [0.3, 0.4) is 0 Å². The molecule has 30 heavy (non-hydrogen) atoms. The zero-order chi connectivity index (χ0) is 22.8. The van der Waals surface area contributed by atoms with E-state index in [1.165, 1.54) is 0 Å². The largest absolute Gasteiger partial charge is 0.463 e. The Balaban J connectivity index is 3.33. The quantitative estimate of drug-likeness (QED) is 0.172. The fourth-order valence-electron chi connectivity index (χ4n) is 2.65. The molecule has 166 valence electrons. The van der Waals surface area contributed by atoms with Crippen LogP contribution in [0.5, 0.6) is 0 Å². The van der Waals surface area contributed by atoms with Crippen molar-refractivity contribution in [1.29, 1.82) is 0 Å². The fourth-order valence-corrected chi connectivity index (χ4v) is 2.65. The van der Waals surface area contributed by atoms with Crippen molar-refractivity contribution < 1.29 is 47.7 Å². The molecule has 0 unspecified atom stereocenters. The number of azide groups is 1. The van der Waals surface area contributed by atoms with Crippen LogP contribution in [0.4, 0.5) is 0 Å². The van der Waals surface area contributed by atoms with Gasteiger partial charge in [0.05, 0.1) is 0 Å². The zero-order valence-electron chi connectivity index (χ0n) is 16.7. The number of esters is 4. The fraction of sp³-hybridized carbons (Fsp3) is 0.688. The van der Waals surface area contributed by atoms with Crippen LogP contribution in [-0.2, 0) is 47.7 Å². The first-order chi connectivity index (χ1) is 14.0. The summed E-state index contributed by atoms with van der Waals surface area (Å²) in [6.45, 7) is 3.32. The average molecular weight is 430 g/mol. The van der Waals surface area contributed by atoms with Crippen molar-refractivity contribution in [2.24, 2.45) is 5.11 Å². The second kappa shape index (κ2) is 11.6. The van der Waals surface area contributed by atoms with Crippen molar-refractivity contribution in [3.63, 3.8) is 0 Å². The zero-order valence-corrected chi connectivity index (χ0v) is 16.7. The summed E-state index contributed by atoms with van der Waals surface area (Å²) in [6.07, 6.45) is -5.42. The number of carbonyl (C=O) groups is 5. The highest BCUT2D eigenvalue weighted by Gasteiger charge is 2.52. The van der Waals surface area contributed by atoms with Crippen LogP contribution in [0.25, 0.3) is 10.4 Å². The van der Waals surface area contributed by atoms with Crippen LogP contribution in [0.15, 0.2) is 5.11 Å². The number of amides is 1. The third-order valence-corrected chi connectivity index (χ3v) is 3.59. The minimum absolute atomic E-state index is 0.428. The van der Waals surface area contributed by atoms with E-state index < -0.39 is 73.6 Å². The average Bonchev–Trinajstić information content (AvgIpc) is 2.62. The minimum Gasteiger partial charge on any atom is -0.463 e. The number of rotatable bonds is 8. The molecule has 5 atom stereocenters. The van der Waals surface area contributed by atoms with Gasteiger partial charge in [-0.1, -0.05) is 5.11 Å². The van der Waals surface area contributed by atoms with Crippen molar-refractivity contribution in [3.8, 4) is 0 Å². The molecule has 14 nitrogen and oxygen atoms in total. The maximum atomic E-state index is 12.1. The highest BCUT2D eigenvalue weighted by molar-refractivity contribution is 5.79. The molecule has 14 heteroatoms. The van der Waals surface area contributed by atoms with E-state index in [0.717, 1.165) is 27.7 Å². The molecule has 1 rings (SSSR count). The second-order valence-corrected chi connectivity index (χ2v) is 6.09. The van der Waals surface area contributed by atoms with E-state index >= 15 is 0 Å². The molecule has 1 saturated heterocycles. The summed E-state index contributed by atoms with van der Waals surface area (Å²) in [5, 5.41) is 5.48. The highest BCUT2D eigenvalue weighted by Crippen LogP contribution is 2.28. The normalized spacial score (nSPS) is 25.1. The first-order valence-corrected chi connectivity index (χ1v) is 8.65. The smallest absolute Gasteiger partial charge is 0.305 e. The van der Waals surface area contributed by atoms with E-state index in [4.69, 9.17) is 29.2 Å². The number of nitrogens with zero attached hydrogens (tertiary/aromatic N) is 3. The van der Waals surface area contributed by atoms with Gasteiger partial charge in [0.2, 0.25) is 12.2 Å². The van der Waals surface area contributed by atoms with E-state index in [0.29, 0.717) is 0 Å². The molecule has 0 spiro atoms. The molecule has 1 heterocycles. The van der Waals surface area contributed by atoms with Crippen molar-refractivity contribution in [2.45, 2.75) is 58.3 Å². The maximum absolute atomic E-state index is 12.1. The Morgan fingerprint density at radius 3 is 2.00 bits per heavy atom. The van der Waals surface area contributed by atoms with E-state index in [2.05, 4.69) is 15.3 Å². The van der Waals surface area contributed by atoms with Crippen molar-refractivity contribution in [2.75, 3.05) is 13.2 Å². The lowest BCUT2D eigenvalue weighted by Gasteiger charge is -2.44. The second-order valence-electron chi connectivity index (χ2n) is 6.09. The van der Waals surface area contributed by atoms with Crippen molar-refractivity contribution in [3.05, 3.63) is 10.4 Å². The van der Waals surface area contributed by atoms with E-state index in [1.54, 1.807) is 0 Å². The lowest BCUT2D eigenvalue weighted by Crippen LogP contribution is -2.67. The number of carbonyl (C=O) groups excluding carboxylic acids is 5. The van der Waals surface area contributed by atoms with Gasteiger partial charge in [0.15, 0.2) is 12.2 Å². The molecular weight excluding hydrogens is 408 g/mol. The molecular formula is C16H22N4O10. The van der Waals surface area contributed by atoms with Crippen molar-refractivity contribution in [1.82, 2.24) is 5.32 Å². The summed E-state index contributed by atoms with van der Waals surface area (Å²) < 4.78 is 25.9. The van der Waals surface area contributed by atoms with Gasteiger partial charge in [-0.05, 0) is 5.53 Å². The van der Waals surface area contributed by atoms with Gasteiger partial charge in [-0.2, -0.15) is 0 Å². The topological polar surface area (TPSA) is 192 Å². The Morgan fingerprint density at radius 1 is 0.933 bits per heavy atom. The number of hydrogen-bond donors (Lipinski definition) is 1. The molecule has 0 aromatic heterocycles. The van der Waals surface area contributed by atoms with Gasteiger partial charge in [0.1, 0.15) is 25.3 Å². The molecule has 0 aromatic rings. The van der Waals surface area contributed by atoms with Crippen LogP contribution in [-0.4, -0.2) is 73.6 Å². The van der Waals surface area contributed by atoms with Gasteiger partial charge in [0, 0.05) is 32.6 Å².